The van der Waals surface area contributed by atoms with Crippen LogP contribution in [0.4, 0.5) is 10.9 Å². The topological polar surface area (TPSA) is 82.7 Å². The third kappa shape index (κ3) is 2.12. The van der Waals surface area contributed by atoms with Crippen LogP contribution in [0.1, 0.15) is 16.1 Å². The Hall–Kier alpha value is -2.41. The van der Waals surface area contributed by atoms with Crippen LogP contribution in [0.25, 0.3) is 11.0 Å². The number of para-hydroxylation sites is 2. The Morgan fingerprint density at radius 3 is 2.90 bits per heavy atom. The number of aromatic nitrogens is 3. The van der Waals surface area contributed by atoms with Gasteiger partial charge in [-0.25, -0.2) is 4.98 Å². The SMILES string of the molecule is CNc1snc(C)c1C(=O)Nc1nc2ccccc2[nH]1. The van der Waals surface area contributed by atoms with Gasteiger partial charge in [0.05, 0.1) is 22.3 Å². The van der Waals surface area contributed by atoms with Gasteiger partial charge in [0.25, 0.3) is 5.91 Å². The molecule has 0 aliphatic rings. The molecule has 3 N–H and O–H groups in total. The van der Waals surface area contributed by atoms with E-state index in [0.717, 1.165) is 16.0 Å². The van der Waals surface area contributed by atoms with Crippen molar-refractivity contribution < 1.29 is 4.79 Å². The molecule has 0 radical (unpaired) electrons. The molecule has 6 nitrogen and oxygen atoms in total. The van der Waals surface area contributed by atoms with Crippen LogP contribution in [-0.2, 0) is 0 Å². The number of rotatable bonds is 3. The van der Waals surface area contributed by atoms with Gasteiger partial charge >= 0.3 is 0 Å². The first-order valence-corrected chi connectivity index (χ1v) is 6.86. The molecule has 3 rings (SSSR count). The van der Waals surface area contributed by atoms with E-state index in [1.165, 1.54) is 11.5 Å². The summed E-state index contributed by atoms with van der Waals surface area (Å²) in [5.41, 5.74) is 2.96. The average molecular weight is 287 g/mol. The van der Waals surface area contributed by atoms with Crippen LogP contribution in [0.2, 0.25) is 0 Å². The number of hydrogen-bond donors (Lipinski definition) is 3. The second-order valence-electron chi connectivity index (χ2n) is 4.28. The molecule has 1 amide bonds. The summed E-state index contributed by atoms with van der Waals surface area (Å²) in [6.45, 7) is 1.81. The fourth-order valence-corrected chi connectivity index (χ4v) is 2.73. The predicted molar refractivity (Wildman–Crippen MR) is 80.4 cm³/mol. The fourth-order valence-electron chi connectivity index (χ4n) is 1.99. The van der Waals surface area contributed by atoms with Gasteiger partial charge < -0.3 is 10.3 Å². The molecule has 0 spiro atoms. The average Bonchev–Trinajstić information content (AvgIpc) is 3.00. The lowest BCUT2D eigenvalue weighted by Crippen LogP contribution is -2.14. The summed E-state index contributed by atoms with van der Waals surface area (Å²) in [6.07, 6.45) is 0. The Bertz CT molecular complexity index is 743. The molecule has 20 heavy (non-hydrogen) atoms. The highest BCUT2D eigenvalue weighted by atomic mass is 32.1. The number of carbonyl (C=O) groups excluding carboxylic acids is 1. The van der Waals surface area contributed by atoms with Crippen LogP contribution in [0, 0.1) is 6.92 Å². The Morgan fingerprint density at radius 1 is 1.35 bits per heavy atom. The molecule has 3 aromatic rings. The van der Waals surface area contributed by atoms with Crippen LogP contribution >= 0.6 is 11.5 Å². The molecular weight excluding hydrogens is 274 g/mol. The minimum Gasteiger partial charge on any atom is -0.378 e. The van der Waals surface area contributed by atoms with Gasteiger partial charge in [0.2, 0.25) is 5.95 Å². The molecule has 1 aromatic carbocycles. The number of H-pyrrole nitrogens is 1. The van der Waals surface area contributed by atoms with E-state index in [-0.39, 0.29) is 5.91 Å². The molecule has 0 bridgehead atoms. The van der Waals surface area contributed by atoms with Crippen molar-refractivity contribution in [3.63, 3.8) is 0 Å². The van der Waals surface area contributed by atoms with Crippen LogP contribution in [-0.4, -0.2) is 27.3 Å². The Balaban J connectivity index is 1.90. The van der Waals surface area contributed by atoms with E-state index in [1.807, 2.05) is 31.2 Å². The monoisotopic (exact) mass is 287 g/mol. The zero-order chi connectivity index (χ0) is 14.1. The number of amides is 1. The quantitative estimate of drug-likeness (QED) is 0.691. The van der Waals surface area contributed by atoms with Gasteiger partial charge in [0.15, 0.2) is 0 Å². The molecule has 2 heterocycles. The number of imidazole rings is 1. The Labute approximate surface area is 119 Å². The highest BCUT2D eigenvalue weighted by Gasteiger charge is 2.18. The van der Waals surface area contributed by atoms with E-state index >= 15 is 0 Å². The second-order valence-corrected chi connectivity index (χ2v) is 5.05. The number of benzene rings is 1. The van der Waals surface area contributed by atoms with E-state index < -0.39 is 0 Å². The molecule has 0 saturated heterocycles. The lowest BCUT2D eigenvalue weighted by Gasteiger charge is -2.03. The number of aromatic amines is 1. The van der Waals surface area contributed by atoms with E-state index in [9.17, 15) is 4.79 Å². The highest BCUT2D eigenvalue weighted by molar-refractivity contribution is 7.10. The van der Waals surface area contributed by atoms with Crippen molar-refractivity contribution in [2.45, 2.75) is 6.92 Å². The predicted octanol–water partition coefficient (Wildman–Crippen LogP) is 2.62. The first-order chi connectivity index (χ1) is 9.69. The van der Waals surface area contributed by atoms with Crippen LogP contribution < -0.4 is 10.6 Å². The van der Waals surface area contributed by atoms with Crippen molar-refractivity contribution in [3.05, 3.63) is 35.5 Å². The normalized spacial score (nSPS) is 10.7. The van der Waals surface area contributed by atoms with Crippen molar-refractivity contribution in [1.82, 2.24) is 14.3 Å². The lowest BCUT2D eigenvalue weighted by atomic mass is 10.2. The number of hydrogen-bond acceptors (Lipinski definition) is 5. The molecular formula is C13H13N5OS. The molecule has 102 valence electrons. The zero-order valence-corrected chi connectivity index (χ0v) is 11.8. The van der Waals surface area contributed by atoms with Crippen molar-refractivity contribution in [2.24, 2.45) is 0 Å². The summed E-state index contributed by atoms with van der Waals surface area (Å²) in [6, 6.07) is 7.62. The third-order valence-corrected chi connectivity index (χ3v) is 3.89. The van der Waals surface area contributed by atoms with E-state index in [2.05, 4.69) is 25.0 Å². The van der Waals surface area contributed by atoms with Crippen LogP contribution in [0.15, 0.2) is 24.3 Å². The van der Waals surface area contributed by atoms with Crippen LogP contribution in [0.5, 0.6) is 0 Å². The van der Waals surface area contributed by atoms with Gasteiger partial charge in [-0.15, -0.1) is 0 Å². The minimum absolute atomic E-state index is 0.223. The van der Waals surface area contributed by atoms with Gasteiger partial charge in [-0.3, -0.25) is 10.1 Å². The first-order valence-electron chi connectivity index (χ1n) is 6.09. The summed E-state index contributed by atoms with van der Waals surface area (Å²) in [4.78, 5) is 19.7. The van der Waals surface area contributed by atoms with Gasteiger partial charge in [0.1, 0.15) is 5.00 Å². The smallest absolute Gasteiger partial charge is 0.262 e. The number of fused-ring (bicyclic) bond motifs is 1. The molecule has 2 aromatic heterocycles. The largest absolute Gasteiger partial charge is 0.378 e. The third-order valence-electron chi connectivity index (χ3n) is 2.94. The lowest BCUT2D eigenvalue weighted by molar-refractivity contribution is 0.102. The molecule has 0 saturated carbocycles. The maximum absolute atomic E-state index is 12.3. The Morgan fingerprint density at radius 2 is 2.15 bits per heavy atom. The van der Waals surface area contributed by atoms with Crippen molar-refractivity contribution >= 4 is 39.4 Å². The number of nitrogens with zero attached hydrogens (tertiary/aromatic N) is 2. The highest BCUT2D eigenvalue weighted by Crippen LogP contribution is 2.24. The van der Waals surface area contributed by atoms with Crippen LogP contribution in [0.3, 0.4) is 0 Å². The maximum atomic E-state index is 12.3. The van der Waals surface area contributed by atoms with Gasteiger partial charge in [0, 0.05) is 7.05 Å². The van der Waals surface area contributed by atoms with Gasteiger partial charge in [-0.05, 0) is 30.6 Å². The summed E-state index contributed by atoms with van der Waals surface area (Å²) in [7, 11) is 1.77. The summed E-state index contributed by atoms with van der Waals surface area (Å²) in [5.74, 6) is 0.212. The fraction of sp³-hybridized carbons (Fsp3) is 0.154. The molecule has 0 aliphatic carbocycles. The molecule has 7 heteroatoms. The minimum atomic E-state index is -0.223. The summed E-state index contributed by atoms with van der Waals surface area (Å²) in [5, 5.41) is 6.49. The van der Waals surface area contributed by atoms with Gasteiger partial charge in [-0.2, -0.15) is 4.37 Å². The van der Waals surface area contributed by atoms with Gasteiger partial charge in [-0.1, -0.05) is 12.1 Å². The second kappa shape index (κ2) is 4.93. The summed E-state index contributed by atoms with van der Waals surface area (Å²) < 4.78 is 4.18. The molecule has 0 aliphatic heterocycles. The number of anilines is 2. The number of aryl methyl sites for hydroxylation is 1. The molecule has 0 unspecified atom stereocenters. The molecule has 0 atom stereocenters. The van der Waals surface area contributed by atoms with E-state index in [4.69, 9.17) is 0 Å². The van der Waals surface area contributed by atoms with E-state index in [0.29, 0.717) is 17.2 Å². The number of nitrogens with one attached hydrogen (secondary N) is 3. The van der Waals surface area contributed by atoms with Crippen molar-refractivity contribution in [1.29, 1.82) is 0 Å². The standard InChI is InChI=1S/C13H13N5OS/c1-7-10(12(14-2)20-18-7)11(19)17-13-15-8-5-3-4-6-9(8)16-13/h3-6,14H,1-2H3,(H2,15,16,17,19). The number of carbonyl (C=O) groups is 1. The zero-order valence-electron chi connectivity index (χ0n) is 11.0. The Kier molecular flexibility index (Phi) is 3.11. The van der Waals surface area contributed by atoms with Crippen molar-refractivity contribution in [3.8, 4) is 0 Å². The van der Waals surface area contributed by atoms with Crippen molar-refractivity contribution in [2.75, 3.05) is 17.7 Å². The first kappa shape index (κ1) is 12.6. The molecule has 0 fully saturated rings. The summed E-state index contributed by atoms with van der Waals surface area (Å²) >= 11 is 1.27. The van der Waals surface area contributed by atoms with E-state index in [1.54, 1.807) is 7.05 Å². The maximum Gasteiger partial charge on any atom is 0.262 e.